The zero-order chi connectivity index (χ0) is 12.0. The number of carbonyl (C=O) groups excluding carboxylic acids is 1. The maximum atomic E-state index is 11.4. The molecule has 0 unspecified atom stereocenters. The van der Waals surface area contributed by atoms with Crippen molar-refractivity contribution in [1.29, 1.82) is 0 Å². The first-order valence-corrected chi connectivity index (χ1v) is 5.43. The summed E-state index contributed by atoms with van der Waals surface area (Å²) in [7, 11) is 0. The van der Waals surface area contributed by atoms with Gasteiger partial charge in [0.1, 0.15) is 17.2 Å². The third-order valence-electron chi connectivity index (χ3n) is 1.79. The van der Waals surface area contributed by atoms with E-state index in [2.05, 4.69) is 20.6 Å². The molecule has 1 aromatic rings. The van der Waals surface area contributed by atoms with Crippen LogP contribution in [0.2, 0.25) is 5.02 Å². The molecule has 0 fully saturated rings. The normalized spacial score (nSPS) is 10.2. The highest BCUT2D eigenvalue weighted by atomic mass is 35.5. The van der Waals surface area contributed by atoms with Crippen molar-refractivity contribution in [3.05, 3.63) is 17.5 Å². The summed E-state index contributed by atoms with van der Waals surface area (Å²) in [6.45, 7) is 4.89. The number of hydrogen-bond acceptors (Lipinski definition) is 4. The van der Waals surface area contributed by atoms with Crippen LogP contribution in [0.4, 0.5) is 5.82 Å². The number of anilines is 1. The van der Waals surface area contributed by atoms with Crippen molar-refractivity contribution < 1.29 is 4.79 Å². The molecule has 0 aliphatic rings. The smallest absolute Gasteiger partial charge is 0.239 e. The van der Waals surface area contributed by atoms with Gasteiger partial charge < -0.3 is 10.6 Å². The van der Waals surface area contributed by atoms with E-state index in [1.165, 1.54) is 12.5 Å². The third kappa shape index (κ3) is 4.44. The van der Waals surface area contributed by atoms with Gasteiger partial charge in [-0.05, 0) is 5.92 Å². The Balaban J connectivity index is 2.35. The number of nitrogens with zero attached hydrogens (tertiary/aromatic N) is 2. The van der Waals surface area contributed by atoms with Crippen LogP contribution in [0.5, 0.6) is 0 Å². The summed E-state index contributed by atoms with van der Waals surface area (Å²) >= 11 is 5.82. The van der Waals surface area contributed by atoms with Crippen LogP contribution in [0, 0.1) is 5.92 Å². The molecule has 2 N–H and O–H groups in total. The van der Waals surface area contributed by atoms with Crippen LogP contribution in [0.25, 0.3) is 0 Å². The Hall–Kier alpha value is -1.36. The van der Waals surface area contributed by atoms with Gasteiger partial charge in [0.15, 0.2) is 0 Å². The highest BCUT2D eigenvalue weighted by molar-refractivity contribution is 6.32. The Morgan fingerprint density at radius 3 is 2.94 bits per heavy atom. The second-order valence-electron chi connectivity index (χ2n) is 3.77. The molecule has 0 spiro atoms. The number of nitrogens with one attached hydrogen (secondary N) is 2. The molecule has 1 heterocycles. The molecule has 1 amide bonds. The zero-order valence-electron chi connectivity index (χ0n) is 9.33. The molecule has 0 aliphatic carbocycles. The van der Waals surface area contributed by atoms with Gasteiger partial charge in [-0.3, -0.25) is 4.79 Å². The Labute approximate surface area is 99.6 Å². The fraction of sp³-hybridized carbons (Fsp3) is 0.500. The monoisotopic (exact) mass is 242 g/mol. The predicted molar refractivity (Wildman–Crippen MR) is 63.4 cm³/mol. The summed E-state index contributed by atoms with van der Waals surface area (Å²) in [4.78, 5) is 19.0. The maximum Gasteiger partial charge on any atom is 0.239 e. The molecule has 1 rings (SSSR count). The molecular weight excluding hydrogens is 228 g/mol. The van der Waals surface area contributed by atoms with Crippen molar-refractivity contribution in [3.63, 3.8) is 0 Å². The topological polar surface area (TPSA) is 66.9 Å². The number of amides is 1. The number of aromatic nitrogens is 2. The van der Waals surface area contributed by atoms with Gasteiger partial charge >= 0.3 is 0 Å². The first kappa shape index (κ1) is 12.7. The quantitative estimate of drug-likeness (QED) is 0.817. The van der Waals surface area contributed by atoms with Gasteiger partial charge in [-0.25, -0.2) is 9.97 Å². The summed E-state index contributed by atoms with van der Waals surface area (Å²) in [5, 5.41) is 6.03. The summed E-state index contributed by atoms with van der Waals surface area (Å²) in [5.74, 6) is 0.825. The van der Waals surface area contributed by atoms with Gasteiger partial charge in [-0.15, -0.1) is 0 Å². The average molecular weight is 243 g/mol. The predicted octanol–water partition coefficient (Wildman–Crippen LogP) is 1.31. The summed E-state index contributed by atoms with van der Waals surface area (Å²) in [5.41, 5.74) is 0. The highest BCUT2D eigenvalue weighted by Crippen LogP contribution is 2.15. The molecule has 0 bridgehead atoms. The lowest BCUT2D eigenvalue weighted by atomic mass is 10.2. The van der Waals surface area contributed by atoms with E-state index in [0.29, 0.717) is 23.3 Å². The number of rotatable bonds is 5. The third-order valence-corrected chi connectivity index (χ3v) is 2.07. The summed E-state index contributed by atoms with van der Waals surface area (Å²) in [6, 6.07) is 0. The van der Waals surface area contributed by atoms with Gasteiger partial charge in [0.2, 0.25) is 5.91 Å². The van der Waals surface area contributed by atoms with Crippen molar-refractivity contribution >= 4 is 23.3 Å². The number of hydrogen-bond donors (Lipinski definition) is 2. The van der Waals surface area contributed by atoms with Crippen LogP contribution in [-0.2, 0) is 4.79 Å². The van der Waals surface area contributed by atoms with Crippen LogP contribution in [0.1, 0.15) is 13.8 Å². The molecule has 0 saturated heterocycles. The lowest BCUT2D eigenvalue weighted by Crippen LogP contribution is -2.32. The minimum absolute atomic E-state index is 0.0802. The lowest BCUT2D eigenvalue weighted by molar-refractivity contribution is -0.119. The fourth-order valence-corrected chi connectivity index (χ4v) is 1.16. The van der Waals surface area contributed by atoms with Gasteiger partial charge in [-0.1, -0.05) is 25.4 Å². The van der Waals surface area contributed by atoms with Crippen LogP contribution in [-0.4, -0.2) is 29.0 Å². The van der Waals surface area contributed by atoms with Gasteiger partial charge in [0, 0.05) is 6.54 Å². The molecule has 6 heteroatoms. The second-order valence-corrected chi connectivity index (χ2v) is 4.18. The average Bonchev–Trinajstić information content (AvgIpc) is 2.25. The Morgan fingerprint density at radius 2 is 2.31 bits per heavy atom. The van der Waals surface area contributed by atoms with E-state index >= 15 is 0 Å². The minimum atomic E-state index is -0.0802. The Bertz CT molecular complexity index is 356. The van der Waals surface area contributed by atoms with E-state index in [1.54, 1.807) is 0 Å². The molecule has 0 radical (unpaired) electrons. The van der Waals surface area contributed by atoms with Gasteiger partial charge in [0.05, 0.1) is 12.7 Å². The first-order chi connectivity index (χ1) is 7.59. The van der Waals surface area contributed by atoms with Crippen LogP contribution < -0.4 is 10.6 Å². The standard InChI is InChI=1S/C10H15ClN4O/c1-7(2)3-13-9(16)5-14-10-8(11)4-12-6-15-10/h4,6-7H,3,5H2,1-2H3,(H,13,16)(H,12,14,15). The van der Waals surface area contributed by atoms with Crippen molar-refractivity contribution in [1.82, 2.24) is 15.3 Å². The van der Waals surface area contributed by atoms with Crippen LogP contribution in [0.15, 0.2) is 12.5 Å². The lowest BCUT2D eigenvalue weighted by Gasteiger charge is -2.09. The summed E-state index contributed by atoms with van der Waals surface area (Å²) < 4.78 is 0. The van der Waals surface area contributed by atoms with Crippen molar-refractivity contribution in [2.24, 2.45) is 5.92 Å². The molecule has 1 aromatic heterocycles. The van der Waals surface area contributed by atoms with Gasteiger partial charge in [-0.2, -0.15) is 0 Å². The molecule has 0 aliphatic heterocycles. The molecule has 5 nitrogen and oxygen atoms in total. The van der Waals surface area contributed by atoms with E-state index in [-0.39, 0.29) is 12.5 Å². The number of carbonyl (C=O) groups is 1. The SMILES string of the molecule is CC(C)CNC(=O)CNc1ncncc1Cl. The van der Waals surface area contributed by atoms with E-state index in [4.69, 9.17) is 11.6 Å². The van der Waals surface area contributed by atoms with Gasteiger partial charge in [0.25, 0.3) is 0 Å². The first-order valence-electron chi connectivity index (χ1n) is 5.05. The molecule has 16 heavy (non-hydrogen) atoms. The maximum absolute atomic E-state index is 11.4. The zero-order valence-corrected chi connectivity index (χ0v) is 10.1. The molecule has 0 atom stereocenters. The van der Waals surface area contributed by atoms with E-state index in [1.807, 2.05) is 13.8 Å². The van der Waals surface area contributed by atoms with Crippen LogP contribution in [0.3, 0.4) is 0 Å². The fourth-order valence-electron chi connectivity index (χ4n) is 0.987. The van der Waals surface area contributed by atoms with Crippen molar-refractivity contribution in [2.45, 2.75) is 13.8 Å². The Morgan fingerprint density at radius 1 is 1.56 bits per heavy atom. The molecule has 0 saturated carbocycles. The summed E-state index contributed by atoms with van der Waals surface area (Å²) in [6.07, 6.45) is 2.85. The minimum Gasteiger partial charge on any atom is -0.360 e. The molecular formula is C10H15ClN4O. The van der Waals surface area contributed by atoms with Crippen molar-refractivity contribution in [2.75, 3.05) is 18.4 Å². The molecule has 88 valence electrons. The highest BCUT2D eigenvalue weighted by Gasteiger charge is 2.04. The second kappa shape index (κ2) is 6.27. The van der Waals surface area contributed by atoms with Crippen molar-refractivity contribution in [3.8, 4) is 0 Å². The van der Waals surface area contributed by atoms with E-state index < -0.39 is 0 Å². The Kier molecular flexibility index (Phi) is 4.98. The number of halogens is 1. The van der Waals surface area contributed by atoms with E-state index in [0.717, 1.165) is 0 Å². The van der Waals surface area contributed by atoms with E-state index in [9.17, 15) is 4.79 Å². The van der Waals surface area contributed by atoms with Crippen LogP contribution >= 0.6 is 11.6 Å². The largest absolute Gasteiger partial charge is 0.360 e. The molecule has 0 aromatic carbocycles.